The lowest BCUT2D eigenvalue weighted by Gasteiger charge is -2.34. The highest BCUT2D eigenvalue weighted by Crippen LogP contribution is 2.25. The van der Waals surface area contributed by atoms with Gasteiger partial charge in [-0.05, 0) is 29.7 Å². The maximum atomic E-state index is 12.6. The van der Waals surface area contributed by atoms with Gasteiger partial charge in [-0.1, -0.05) is 6.07 Å². The second-order valence-corrected chi connectivity index (χ2v) is 7.12. The van der Waals surface area contributed by atoms with Crippen LogP contribution >= 0.6 is 0 Å². The zero-order valence-corrected chi connectivity index (χ0v) is 12.1. The Balaban J connectivity index is 1.82. The van der Waals surface area contributed by atoms with E-state index in [0.29, 0.717) is 45.7 Å². The second-order valence-electron chi connectivity index (χ2n) is 5.19. The Morgan fingerprint density at radius 1 is 1.05 bits per heavy atom. The molecule has 20 heavy (non-hydrogen) atoms. The van der Waals surface area contributed by atoms with Crippen molar-refractivity contribution >= 4 is 10.2 Å². The Hall–Kier alpha value is -1.15. The summed E-state index contributed by atoms with van der Waals surface area (Å²) in [6, 6.07) is 5.19. The van der Waals surface area contributed by atoms with Crippen molar-refractivity contribution in [1.82, 2.24) is 13.9 Å². The number of rotatable bonds is 2. The summed E-state index contributed by atoms with van der Waals surface area (Å²) in [6.45, 7) is 3.28. The first-order valence-electron chi connectivity index (χ1n) is 6.84. The summed E-state index contributed by atoms with van der Waals surface area (Å²) in [4.78, 5) is 0. The molecule has 0 amide bonds. The van der Waals surface area contributed by atoms with Crippen molar-refractivity contribution in [1.29, 1.82) is 0 Å². The quantitative estimate of drug-likeness (QED) is 0.799. The van der Waals surface area contributed by atoms with E-state index in [1.165, 1.54) is 8.61 Å². The predicted octanol–water partition coefficient (Wildman–Crippen LogP) is -0.0997. The molecule has 3 rings (SSSR count). The third-order valence-corrected chi connectivity index (χ3v) is 5.88. The molecule has 0 saturated carbocycles. The standard InChI is InChI=1S/C13H19N3O3S/c17-13-2-1-11-3-6-16(10-12(11)9-13)20(18,19)15-7-4-14-5-8-15/h1-2,9,14,17H,3-8,10H2. The van der Waals surface area contributed by atoms with E-state index >= 15 is 0 Å². The van der Waals surface area contributed by atoms with Gasteiger partial charge in [0.1, 0.15) is 5.75 Å². The molecule has 1 aromatic carbocycles. The topological polar surface area (TPSA) is 72.9 Å². The van der Waals surface area contributed by atoms with Gasteiger partial charge >= 0.3 is 0 Å². The zero-order chi connectivity index (χ0) is 14.2. The molecule has 7 heteroatoms. The van der Waals surface area contributed by atoms with Crippen LogP contribution in [0.1, 0.15) is 11.1 Å². The smallest absolute Gasteiger partial charge is 0.282 e. The molecule has 2 N–H and O–H groups in total. The molecular weight excluding hydrogens is 278 g/mol. The van der Waals surface area contributed by atoms with Gasteiger partial charge in [0, 0.05) is 39.3 Å². The number of hydrogen-bond acceptors (Lipinski definition) is 4. The first-order valence-corrected chi connectivity index (χ1v) is 8.24. The Morgan fingerprint density at radius 3 is 2.55 bits per heavy atom. The van der Waals surface area contributed by atoms with Crippen molar-refractivity contribution in [2.75, 3.05) is 32.7 Å². The van der Waals surface area contributed by atoms with Crippen LogP contribution in [0.15, 0.2) is 18.2 Å². The van der Waals surface area contributed by atoms with Crippen LogP contribution < -0.4 is 5.32 Å². The average molecular weight is 297 g/mol. The summed E-state index contributed by atoms with van der Waals surface area (Å²) in [5, 5.41) is 12.7. The Kier molecular flexibility index (Phi) is 3.68. The molecule has 1 saturated heterocycles. The van der Waals surface area contributed by atoms with Crippen molar-refractivity contribution in [2.45, 2.75) is 13.0 Å². The minimum Gasteiger partial charge on any atom is -0.508 e. The molecule has 0 aliphatic carbocycles. The number of piperazine rings is 1. The first kappa shape index (κ1) is 13.8. The highest BCUT2D eigenvalue weighted by Gasteiger charge is 2.32. The molecular formula is C13H19N3O3S. The van der Waals surface area contributed by atoms with Crippen molar-refractivity contribution < 1.29 is 13.5 Å². The largest absolute Gasteiger partial charge is 0.508 e. The number of nitrogens with one attached hydrogen (secondary N) is 1. The SMILES string of the molecule is O=S(=O)(N1CCNCC1)N1CCc2ccc(O)cc2C1. The van der Waals surface area contributed by atoms with Crippen LogP contribution in [-0.4, -0.2) is 54.9 Å². The predicted molar refractivity (Wildman–Crippen MR) is 75.6 cm³/mol. The van der Waals surface area contributed by atoms with E-state index in [2.05, 4.69) is 5.32 Å². The lowest BCUT2D eigenvalue weighted by molar-refractivity contribution is 0.302. The number of nitrogens with zero attached hydrogens (tertiary/aromatic N) is 2. The van der Waals surface area contributed by atoms with E-state index in [9.17, 15) is 13.5 Å². The summed E-state index contributed by atoms with van der Waals surface area (Å²) >= 11 is 0. The van der Waals surface area contributed by atoms with Crippen LogP contribution in [0.25, 0.3) is 0 Å². The van der Waals surface area contributed by atoms with Gasteiger partial charge in [0.05, 0.1) is 0 Å². The van der Waals surface area contributed by atoms with Crippen molar-refractivity contribution in [3.05, 3.63) is 29.3 Å². The van der Waals surface area contributed by atoms with Crippen molar-refractivity contribution in [3.63, 3.8) is 0 Å². The fourth-order valence-electron chi connectivity index (χ4n) is 2.75. The number of phenolic OH excluding ortho intramolecular Hbond substituents is 1. The molecule has 0 spiro atoms. The van der Waals surface area contributed by atoms with Crippen LogP contribution in [0, 0.1) is 0 Å². The van der Waals surface area contributed by atoms with E-state index in [0.717, 1.165) is 11.1 Å². The minimum absolute atomic E-state index is 0.185. The fourth-order valence-corrected chi connectivity index (χ4v) is 4.35. The van der Waals surface area contributed by atoms with Crippen molar-refractivity contribution in [3.8, 4) is 5.75 Å². The average Bonchev–Trinajstić information content (AvgIpc) is 2.47. The third-order valence-electron chi connectivity index (χ3n) is 3.90. The maximum absolute atomic E-state index is 12.6. The molecule has 2 aliphatic rings. The fraction of sp³-hybridized carbons (Fsp3) is 0.538. The third kappa shape index (κ3) is 2.54. The molecule has 1 aromatic rings. The van der Waals surface area contributed by atoms with E-state index in [-0.39, 0.29) is 5.75 Å². The Bertz CT molecular complexity index is 597. The van der Waals surface area contributed by atoms with Crippen LogP contribution in [0.3, 0.4) is 0 Å². The normalized spacial score (nSPS) is 21.6. The molecule has 0 radical (unpaired) electrons. The van der Waals surface area contributed by atoms with Gasteiger partial charge in [-0.25, -0.2) is 0 Å². The Labute approximate surface area is 119 Å². The Morgan fingerprint density at radius 2 is 1.80 bits per heavy atom. The molecule has 0 atom stereocenters. The maximum Gasteiger partial charge on any atom is 0.282 e. The molecule has 0 unspecified atom stereocenters. The van der Waals surface area contributed by atoms with Gasteiger partial charge in [0.15, 0.2) is 0 Å². The molecule has 6 nitrogen and oxygen atoms in total. The van der Waals surface area contributed by atoms with E-state index in [4.69, 9.17) is 0 Å². The molecule has 2 heterocycles. The van der Waals surface area contributed by atoms with Gasteiger partial charge in [-0.15, -0.1) is 0 Å². The van der Waals surface area contributed by atoms with Gasteiger partial charge < -0.3 is 10.4 Å². The minimum atomic E-state index is -3.40. The van der Waals surface area contributed by atoms with Crippen LogP contribution in [0.5, 0.6) is 5.75 Å². The summed E-state index contributed by atoms with van der Waals surface area (Å²) in [6.07, 6.45) is 0.695. The monoisotopic (exact) mass is 297 g/mol. The lowest BCUT2D eigenvalue weighted by Crippen LogP contribution is -2.52. The van der Waals surface area contributed by atoms with Gasteiger partial charge in [0.2, 0.25) is 0 Å². The number of fused-ring (bicyclic) bond motifs is 1. The highest BCUT2D eigenvalue weighted by molar-refractivity contribution is 7.86. The molecule has 1 fully saturated rings. The number of phenols is 1. The summed E-state index contributed by atoms with van der Waals surface area (Å²) in [5.41, 5.74) is 2.02. The first-order chi connectivity index (χ1) is 9.57. The number of aromatic hydroxyl groups is 1. The van der Waals surface area contributed by atoms with E-state index in [1.54, 1.807) is 12.1 Å². The van der Waals surface area contributed by atoms with Crippen LogP contribution in [0.2, 0.25) is 0 Å². The van der Waals surface area contributed by atoms with Crippen molar-refractivity contribution in [2.24, 2.45) is 0 Å². The van der Waals surface area contributed by atoms with E-state index < -0.39 is 10.2 Å². The van der Waals surface area contributed by atoms with Gasteiger partial charge in [-0.2, -0.15) is 17.0 Å². The highest BCUT2D eigenvalue weighted by atomic mass is 32.2. The number of hydrogen-bond donors (Lipinski definition) is 2. The zero-order valence-electron chi connectivity index (χ0n) is 11.2. The van der Waals surface area contributed by atoms with Crippen LogP contribution in [-0.2, 0) is 23.2 Å². The van der Waals surface area contributed by atoms with Crippen LogP contribution in [0.4, 0.5) is 0 Å². The summed E-state index contributed by atoms with van der Waals surface area (Å²) in [5.74, 6) is 0.185. The molecule has 110 valence electrons. The van der Waals surface area contributed by atoms with Gasteiger partial charge in [0.25, 0.3) is 10.2 Å². The van der Waals surface area contributed by atoms with E-state index in [1.807, 2.05) is 6.07 Å². The summed E-state index contributed by atoms with van der Waals surface area (Å²) in [7, 11) is -3.40. The molecule has 2 aliphatic heterocycles. The number of benzene rings is 1. The molecule has 0 bridgehead atoms. The summed E-state index contributed by atoms with van der Waals surface area (Å²) < 4.78 is 28.2. The van der Waals surface area contributed by atoms with Gasteiger partial charge in [-0.3, -0.25) is 0 Å². The lowest BCUT2D eigenvalue weighted by atomic mass is 10.0. The second kappa shape index (κ2) is 5.33. The molecule has 0 aromatic heterocycles.